The van der Waals surface area contributed by atoms with E-state index in [9.17, 15) is 4.79 Å². The van der Waals surface area contributed by atoms with E-state index in [1.165, 1.54) is 31.4 Å². The van der Waals surface area contributed by atoms with E-state index >= 15 is 0 Å². The van der Waals surface area contributed by atoms with Gasteiger partial charge in [0, 0.05) is 18.9 Å². The van der Waals surface area contributed by atoms with Crippen molar-refractivity contribution >= 4 is 11.6 Å². The normalized spacial score (nSPS) is 22.4. The highest BCUT2D eigenvalue weighted by Gasteiger charge is 2.37. The minimum Gasteiger partial charge on any atom is -0.322 e. The van der Waals surface area contributed by atoms with Crippen molar-refractivity contribution in [2.75, 3.05) is 18.4 Å². The molecule has 2 N–H and O–H groups in total. The summed E-state index contributed by atoms with van der Waals surface area (Å²) in [5.74, 6) is 2.29. The summed E-state index contributed by atoms with van der Waals surface area (Å²) in [5.41, 5.74) is 2.79. The van der Waals surface area contributed by atoms with Gasteiger partial charge in [-0.05, 0) is 67.8 Å². The van der Waals surface area contributed by atoms with Crippen LogP contribution in [0.3, 0.4) is 0 Å². The van der Waals surface area contributed by atoms with E-state index in [2.05, 4.69) is 27.9 Å². The Morgan fingerprint density at radius 2 is 2.04 bits per heavy atom. The largest absolute Gasteiger partial charge is 0.322 e. The Kier molecular flexibility index (Phi) is 4.10. The average molecular weight is 324 g/mol. The van der Waals surface area contributed by atoms with Gasteiger partial charge in [0.2, 0.25) is 0 Å². The van der Waals surface area contributed by atoms with Crippen molar-refractivity contribution in [1.82, 2.24) is 15.1 Å². The van der Waals surface area contributed by atoms with Gasteiger partial charge in [-0.1, -0.05) is 12.1 Å². The lowest BCUT2D eigenvalue weighted by molar-refractivity contribution is 0.102. The number of amides is 1. The molecule has 24 heavy (non-hydrogen) atoms. The van der Waals surface area contributed by atoms with Crippen LogP contribution in [0.5, 0.6) is 0 Å². The SMILES string of the molecule is Cn1cc(C(=O)Nc2ccc(C3CC3CNCC3CC3)cc2)cn1. The van der Waals surface area contributed by atoms with E-state index < -0.39 is 0 Å². The Morgan fingerprint density at radius 1 is 1.25 bits per heavy atom. The Morgan fingerprint density at radius 3 is 2.71 bits per heavy atom. The molecule has 0 spiro atoms. The fourth-order valence-electron chi connectivity index (χ4n) is 3.23. The monoisotopic (exact) mass is 324 g/mol. The molecule has 1 aromatic carbocycles. The number of aromatic nitrogens is 2. The minimum atomic E-state index is -0.121. The number of anilines is 1. The fraction of sp³-hybridized carbons (Fsp3) is 0.474. The molecule has 1 aromatic heterocycles. The molecule has 126 valence electrons. The van der Waals surface area contributed by atoms with Gasteiger partial charge in [0.05, 0.1) is 11.8 Å². The van der Waals surface area contributed by atoms with E-state index in [1.807, 2.05) is 12.1 Å². The van der Waals surface area contributed by atoms with Crippen molar-refractivity contribution in [3.8, 4) is 0 Å². The molecule has 2 atom stereocenters. The predicted molar refractivity (Wildman–Crippen MR) is 94.0 cm³/mol. The molecule has 1 heterocycles. The van der Waals surface area contributed by atoms with E-state index in [1.54, 1.807) is 24.1 Å². The van der Waals surface area contributed by atoms with Gasteiger partial charge in [0.15, 0.2) is 0 Å². The van der Waals surface area contributed by atoms with Crippen LogP contribution in [0.2, 0.25) is 0 Å². The van der Waals surface area contributed by atoms with Gasteiger partial charge in [-0.15, -0.1) is 0 Å². The van der Waals surface area contributed by atoms with Gasteiger partial charge in [-0.2, -0.15) is 5.10 Å². The highest BCUT2D eigenvalue weighted by Crippen LogP contribution is 2.47. The number of hydrogen-bond donors (Lipinski definition) is 2. The molecule has 5 heteroatoms. The second kappa shape index (κ2) is 6.40. The molecule has 2 aliphatic carbocycles. The highest BCUT2D eigenvalue weighted by atomic mass is 16.1. The van der Waals surface area contributed by atoms with Crippen LogP contribution in [-0.4, -0.2) is 28.8 Å². The third-order valence-corrected chi connectivity index (χ3v) is 5.02. The number of nitrogens with zero attached hydrogens (tertiary/aromatic N) is 2. The molecule has 0 saturated heterocycles. The molecule has 2 saturated carbocycles. The first-order chi connectivity index (χ1) is 11.7. The fourth-order valence-corrected chi connectivity index (χ4v) is 3.23. The van der Waals surface area contributed by atoms with Gasteiger partial charge in [-0.3, -0.25) is 9.48 Å². The summed E-state index contributed by atoms with van der Waals surface area (Å²) in [6.45, 7) is 2.34. The predicted octanol–water partition coefficient (Wildman–Crippen LogP) is 2.78. The first-order valence-electron chi connectivity index (χ1n) is 8.80. The molecular formula is C19H24N4O. The summed E-state index contributed by atoms with van der Waals surface area (Å²) in [7, 11) is 1.80. The lowest BCUT2D eigenvalue weighted by Crippen LogP contribution is -2.19. The molecule has 0 radical (unpaired) electrons. The Hall–Kier alpha value is -2.14. The average Bonchev–Trinajstić information content (AvgIpc) is 3.49. The summed E-state index contributed by atoms with van der Waals surface area (Å²) < 4.78 is 1.63. The van der Waals surface area contributed by atoms with Gasteiger partial charge in [0.25, 0.3) is 5.91 Å². The summed E-state index contributed by atoms with van der Waals surface area (Å²) >= 11 is 0. The molecule has 2 fully saturated rings. The Balaban J connectivity index is 1.28. The molecule has 0 aliphatic heterocycles. The molecule has 4 rings (SSSR count). The standard InChI is InChI=1S/C19H24N4O/c1-23-12-16(11-21-23)19(24)22-17-6-4-14(5-7-17)18-8-15(18)10-20-9-13-2-3-13/h4-7,11-13,15,18,20H,2-3,8-10H2,1H3,(H,22,24). The van der Waals surface area contributed by atoms with Crippen LogP contribution in [-0.2, 0) is 7.05 Å². The second-order valence-electron chi connectivity index (χ2n) is 7.18. The summed E-state index contributed by atoms with van der Waals surface area (Å²) in [6, 6.07) is 8.28. The Bertz CT molecular complexity index is 717. The van der Waals surface area contributed by atoms with Crippen molar-refractivity contribution in [3.63, 3.8) is 0 Å². The third-order valence-electron chi connectivity index (χ3n) is 5.02. The van der Waals surface area contributed by atoms with Gasteiger partial charge in [0.1, 0.15) is 0 Å². The first-order valence-corrected chi connectivity index (χ1v) is 8.80. The maximum atomic E-state index is 12.1. The third kappa shape index (κ3) is 3.67. The van der Waals surface area contributed by atoms with Crippen LogP contribution in [0.1, 0.15) is 41.1 Å². The van der Waals surface area contributed by atoms with Crippen LogP contribution >= 0.6 is 0 Å². The van der Waals surface area contributed by atoms with E-state index in [0.717, 1.165) is 24.1 Å². The number of benzene rings is 1. The lowest BCUT2D eigenvalue weighted by Gasteiger charge is -2.06. The van der Waals surface area contributed by atoms with Crippen LogP contribution < -0.4 is 10.6 Å². The van der Waals surface area contributed by atoms with Crippen LogP contribution in [0, 0.1) is 11.8 Å². The summed E-state index contributed by atoms with van der Waals surface area (Å²) in [6.07, 6.45) is 7.39. The van der Waals surface area contributed by atoms with Crippen LogP contribution in [0.15, 0.2) is 36.7 Å². The van der Waals surface area contributed by atoms with Gasteiger partial charge >= 0.3 is 0 Å². The molecule has 5 nitrogen and oxygen atoms in total. The van der Waals surface area contributed by atoms with Crippen molar-refractivity contribution in [2.24, 2.45) is 18.9 Å². The number of carbonyl (C=O) groups excluding carboxylic acids is 1. The number of rotatable bonds is 7. The van der Waals surface area contributed by atoms with Crippen LogP contribution in [0.4, 0.5) is 5.69 Å². The van der Waals surface area contributed by atoms with E-state index in [4.69, 9.17) is 0 Å². The van der Waals surface area contributed by atoms with E-state index in [-0.39, 0.29) is 5.91 Å². The molecule has 0 bridgehead atoms. The quantitative estimate of drug-likeness (QED) is 0.823. The zero-order valence-electron chi connectivity index (χ0n) is 14.0. The number of hydrogen-bond acceptors (Lipinski definition) is 3. The van der Waals surface area contributed by atoms with Crippen molar-refractivity contribution < 1.29 is 4.79 Å². The molecule has 2 aliphatic rings. The second-order valence-corrected chi connectivity index (χ2v) is 7.18. The van der Waals surface area contributed by atoms with Crippen molar-refractivity contribution in [3.05, 3.63) is 47.8 Å². The van der Waals surface area contributed by atoms with Gasteiger partial charge < -0.3 is 10.6 Å². The minimum absolute atomic E-state index is 0.121. The number of aryl methyl sites for hydroxylation is 1. The molecular weight excluding hydrogens is 300 g/mol. The van der Waals surface area contributed by atoms with E-state index in [0.29, 0.717) is 11.5 Å². The Labute approximate surface area is 142 Å². The summed E-state index contributed by atoms with van der Waals surface area (Å²) in [4.78, 5) is 12.1. The maximum absolute atomic E-state index is 12.1. The highest BCUT2D eigenvalue weighted by molar-refractivity contribution is 6.03. The first kappa shape index (κ1) is 15.4. The number of carbonyl (C=O) groups is 1. The molecule has 2 aromatic rings. The lowest BCUT2D eigenvalue weighted by atomic mass is 10.1. The molecule has 2 unspecified atom stereocenters. The topological polar surface area (TPSA) is 59.0 Å². The summed E-state index contributed by atoms with van der Waals surface area (Å²) in [5, 5.41) is 10.5. The van der Waals surface area contributed by atoms with Crippen molar-refractivity contribution in [1.29, 1.82) is 0 Å². The van der Waals surface area contributed by atoms with Crippen LogP contribution in [0.25, 0.3) is 0 Å². The number of nitrogens with one attached hydrogen (secondary N) is 2. The zero-order chi connectivity index (χ0) is 16.5. The maximum Gasteiger partial charge on any atom is 0.258 e. The smallest absolute Gasteiger partial charge is 0.258 e. The zero-order valence-corrected chi connectivity index (χ0v) is 14.0. The van der Waals surface area contributed by atoms with Crippen molar-refractivity contribution in [2.45, 2.75) is 25.2 Å². The molecule has 1 amide bonds. The van der Waals surface area contributed by atoms with Gasteiger partial charge in [-0.25, -0.2) is 0 Å².